The number of halogens is 1. The molecule has 0 saturated carbocycles. The van der Waals surface area contributed by atoms with Crippen LogP contribution in [0.5, 0.6) is 0 Å². The van der Waals surface area contributed by atoms with Crippen LogP contribution in [0.3, 0.4) is 0 Å². The van der Waals surface area contributed by atoms with Gasteiger partial charge < -0.3 is 9.80 Å². The zero-order valence-corrected chi connectivity index (χ0v) is 13.1. The second-order valence-corrected chi connectivity index (χ2v) is 6.24. The lowest BCUT2D eigenvalue weighted by Crippen LogP contribution is -2.49. The summed E-state index contributed by atoms with van der Waals surface area (Å²) in [5.74, 6) is 1.40. The van der Waals surface area contributed by atoms with Crippen molar-refractivity contribution in [3.8, 4) is 0 Å². The molecule has 2 saturated heterocycles. The first-order chi connectivity index (χ1) is 11.2. The number of fused-ring (bicyclic) bond motifs is 1. The SMILES string of the molecule is Cc1ccnc(N2CCC3CCN(c4ncncc4F)C3C2)n1. The standard InChI is InChI=1S/C16H19FN6/c1-11-2-5-19-16(21-11)22-6-3-12-4-7-23(14(12)9-22)15-13(17)8-18-10-20-15/h2,5,8,10,12,14H,3-4,6-7,9H2,1H3. The van der Waals surface area contributed by atoms with Gasteiger partial charge in [0.05, 0.1) is 12.2 Å². The minimum Gasteiger partial charge on any atom is -0.349 e. The monoisotopic (exact) mass is 314 g/mol. The lowest BCUT2D eigenvalue weighted by Gasteiger charge is -2.38. The van der Waals surface area contributed by atoms with Crippen molar-refractivity contribution in [1.29, 1.82) is 0 Å². The molecule has 0 radical (unpaired) electrons. The van der Waals surface area contributed by atoms with Crippen molar-refractivity contribution >= 4 is 11.8 Å². The summed E-state index contributed by atoms with van der Waals surface area (Å²) in [5, 5.41) is 0. The molecule has 0 bridgehead atoms. The zero-order chi connectivity index (χ0) is 15.8. The summed E-state index contributed by atoms with van der Waals surface area (Å²) in [6, 6.07) is 2.14. The molecule has 6 nitrogen and oxygen atoms in total. The zero-order valence-electron chi connectivity index (χ0n) is 13.1. The van der Waals surface area contributed by atoms with Crippen molar-refractivity contribution in [2.45, 2.75) is 25.8 Å². The summed E-state index contributed by atoms with van der Waals surface area (Å²) in [7, 11) is 0. The van der Waals surface area contributed by atoms with Crippen molar-refractivity contribution in [2.24, 2.45) is 5.92 Å². The number of rotatable bonds is 2. The first-order valence-corrected chi connectivity index (χ1v) is 7.99. The third-order valence-corrected chi connectivity index (χ3v) is 4.85. The van der Waals surface area contributed by atoms with E-state index in [0.29, 0.717) is 11.7 Å². The number of piperidine rings is 1. The van der Waals surface area contributed by atoms with Crippen LogP contribution in [-0.4, -0.2) is 45.6 Å². The Balaban J connectivity index is 1.59. The minimum atomic E-state index is -0.350. The van der Waals surface area contributed by atoms with Gasteiger partial charge in [-0.3, -0.25) is 0 Å². The van der Waals surface area contributed by atoms with E-state index in [1.165, 1.54) is 12.5 Å². The van der Waals surface area contributed by atoms with E-state index in [1.807, 2.05) is 13.0 Å². The first kappa shape index (κ1) is 14.3. The number of anilines is 2. The molecule has 2 aromatic rings. The highest BCUT2D eigenvalue weighted by Gasteiger charge is 2.40. The van der Waals surface area contributed by atoms with Crippen molar-refractivity contribution in [1.82, 2.24) is 19.9 Å². The third kappa shape index (κ3) is 2.60. The summed E-state index contributed by atoms with van der Waals surface area (Å²) in [6.07, 6.45) is 6.60. The van der Waals surface area contributed by atoms with Gasteiger partial charge in [-0.25, -0.2) is 24.3 Å². The Morgan fingerprint density at radius 1 is 1.22 bits per heavy atom. The fraction of sp³-hybridized carbons (Fsp3) is 0.500. The Kier molecular flexibility index (Phi) is 3.55. The molecule has 0 amide bonds. The van der Waals surface area contributed by atoms with E-state index in [2.05, 4.69) is 29.7 Å². The molecule has 4 rings (SSSR count). The molecule has 2 aliphatic heterocycles. The molecule has 0 aliphatic carbocycles. The van der Waals surface area contributed by atoms with Crippen molar-refractivity contribution in [3.05, 3.63) is 36.3 Å². The van der Waals surface area contributed by atoms with Crippen molar-refractivity contribution in [2.75, 3.05) is 29.4 Å². The predicted octanol–water partition coefficient (Wildman–Crippen LogP) is 1.82. The first-order valence-electron chi connectivity index (χ1n) is 7.99. The number of nitrogens with zero attached hydrogens (tertiary/aromatic N) is 6. The van der Waals surface area contributed by atoms with E-state index >= 15 is 0 Å². The van der Waals surface area contributed by atoms with Gasteiger partial charge >= 0.3 is 0 Å². The highest BCUT2D eigenvalue weighted by molar-refractivity contribution is 5.44. The molecule has 2 unspecified atom stereocenters. The number of aryl methyl sites for hydroxylation is 1. The van der Waals surface area contributed by atoms with E-state index < -0.39 is 0 Å². The Morgan fingerprint density at radius 3 is 2.91 bits per heavy atom. The molecule has 7 heteroatoms. The summed E-state index contributed by atoms with van der Waals surface area (Å²) in [6.45, 7) is 4.56. The van der Waals surface area contributed by atoms with Crippen LogP contribution in [0.2, 0.25) is 0 Å². The lowest BCUT2D eigenvalue weighted by atomic mass is 9.92. The topological polar surface area (TPSA) is 58.0 Å². The van der Waals surface area contributed by atoms with Crippen LogP contribution in [0.1, 0.15) is 18.5 Å². The Bertz CT molecular complexity index is 708. The van der Waals surface area contributed by atoms with Gasteiger partial charge in [0.1, 0.15) is 6.33 Å². The molecular weight excluding hydrogens is 295 g/mol. The second kappa shape index (κ2) is 5.72. The second-order valence-electron chi connectivity index (χ2n) is 6.24. The highest BCUT2D eigenvalue weighted by Crippen LogP contribution is 2.35. The summed E-state index contributed by atoms with van der Waals surface area (Å²) in [4.78, 5) is 21.1. The largest absolute Gasteiger partial charge is 0.349 e. The molecule has 4 heterocycles. The summed E-state index contributed by atoms with van der Waals surface area (Å²) in [5.41, 5.74) is 0.960. The van der Waals surface area contributed by atoms with Crippen LogP contribution in [0, 0.1) is 18.7 Å². The van der Waals surface area contributed by atoms with Crippen molar-refractivity contribution in [3.63, 3.8) is 0 Å². The summed E-state index contributed by atoms with van der Waals surface area (Å²) < 4.78 is 14.1. The van der Waals surface area contributed by atoms with Crippen molar-refractivity contribution < 1.29 is 4.39 Å². The normalized spacial score (nSPS) is 23.9. The van der Waals surface area contributed by atoms with E-state index in [1.54, 1.807) is 6.20 Å². The molecule has 120 valence electrons. The molecule has 0 N–H and O–H groups in total. The molecule has 23 heavy (non-hydrogen) atoms. The molecule has 2 fully saturated rings. The predicted molar refractivity (Wildman–Crippen MR) is 84.8 cm³/mol. The number of aromatic nitrogens is 4. The van der Waals surface area contributed by atoms with Gasteiger partial charge in [-0.05, 0) is 31.7 Å². The lowest BCUT2D eigenvalue weighted by molar-refractivity contribution is 0.385. The Labute approximate surface area is 134 Å². The number of hydrogen-bond donors (Lipinski definition) is 0. The average Bonchev–Trinajstić information content (AvgIpc) is 2.98. The average molecular weight is 314 g/mol. The van der Waals surface area contributed by atoms with E-state index in [-0.39, 0.29) is 11.9 Å². The van der Waals surface area contributed by atoms with Gasteiger partial charge in [0.2, 0.25) is 5.95 Å². The Morgan fingerprint density at radius 2 is 2.09 bits per heavy atom. The van der Waals surface area contributed by atoms with E-state index in [0.717, 1.165) is 44.1 Å². The molecular formula is C16H19FN6. The van der Waals surface area contributed by atoms with Gasteiger partial charge in [-0.2, -0.15) is 0 Å². The molecule has 2 aromatic heterocycles. The maximum absolute atomic E-state index is 14.1. The van der Waals surface area contributed by atoms with E-state index in [4.69, 9.17) is 0 Å². The maximum atomic E-state index is 14.1. The Hall–Kier alpha value is -2.31. The van der Waals surface area contributed by atoms with Crippen LogP contribution in [-0.2, 0) is 0 Å². The van der Waals surface area contributed by atoms with E-state index in [9.17, 15) is 4.39 Å². The molecule has 0 spiro atoms. The molecule has 0 aromatic carbocycles. The summed E-state index contributed by atoms with van der Waals surface area (Å²) >= 11 is 0. The minimum absolute atomic E-state index is 0.247. The molecule has 2 atom stereocenters. The van der Waals surface area contributed by atoms with Crippen LogP contribution < -0.4 is 9.80 Å². The smallest absolute Gasteiger partial charge is 0.225 e. The van der Waals surface area contributed by atoms with Gasteiger partial charge in [-0.15, -0.1) is 0 Å². The highest BCUT2D eigenvalue weighted by atomic mass is 19.1. The van der Waals surface area contributed by atoms with Crippen LogP contribution in [0.15, 0.2) is 24.8 Å². The van der Waals surface area contributed by atoms with Gasteiger partial charge in [-0.1, -0.05) is 0 Å². The maximum Gasteiger partial charge on any atom is 0.225 e. The quantitative estimate of drug-likeness (QED) is 0.843. The van der Waals surface area contributed by atoms with Gasteiger partial charge in [0.15, 0.2) is 11.6 Å². The number of hydrogen-bond acceptors (Lipinski definition) is 6. The van der Waals surface area contributed by atoms with Crippen LogP contribution in [0.25, 0.3) is 0 Å². The van der Waals surface area contributed by atoms with Gasteiger partial charge in [0, 0.05) is 31.5 Å². The fourth-order valence-electron chi connectivity index (χ4n) is 3.69. The van der Waals surface area contributed by atoms with Gasteiger partial charge in [0.25, 0.3) is 0 Å². The van der Waals surface area contributed by atoms with Crippen LogP contribution in [0.4, 0.5) is 16.2 Å². The fourth-order valence-corrected chi connectivity index (χ4v) is 3.69. The third-order valence-electron chi connectivity index (χ3n) is 4.85. The molecule has 2 aliphatic rings. The van der Waals surface area contributed by atoms with Crippen LogP contribution >= 0.6 is 0 Å².